The lowest BCUT2D eigenvalue weighted by Crippen LogP contribution is -2.40. The average molecular weight is 220 g/mol. The van der Waals surface area contributed by atoms with Crippen molar-refractivity contribution in [3.8, 4) is 0 Å². The lowest BCUT2D eigenvalue weighted by Gasteiger charge is -2.26. The van der Waals surface area contributed by atoms with E-state index in [1.807, 2.05) is 11.8 Å². The molecule has 2 N–H and O–H groups in total. The van der Waals surface area contributed by atoms with Crippen LogP contribution in [0.1, 0.15) is 13.3 Å². The van der Waals surface area contributed by atoms with Crippen molar-refractivity contribution in [2.75, 3.05) is 45.4 Å². The van der Waals surface area contributed by atoms with E-state index in [2.05, 4.69) is 18.9 Å². The van der Waals surface area contributed by atoms with Crippen LogP contribution in [-0.4, -0.2) is 56.3 Å². The van der Waals surface area contributed by atoms with E-state index in [1.54, 1.807) is 7.11 Å². The molecule has 0 fully saturated rings. The number of nitrogens with zero attached hydrogens (tertiary/aromatic N) is 1. The number of hydrogen-bond acceptors (Lipinski definition) is 4. The van der Waals surface area contributed by atoms with Crippen LogP contribution in [0, 0.1) is 0 Å². The average Bonchev–Trinajstić information content (AvgIpc) is 2.21. The van der Waals surface area contributed by atoms with Crippen LogP contribution < -0.4 is 5.73 Å². The fourth-order valence-corrected chi connectivity index (χ4v) is 2.03. The van der Waals surface area contributed by atoms with Crippen LogP contribution in [-0.2, 0) is 4.74 Å². The minimum absolute atomic E-state index is 0.504. The number of likely N-dealkylation sites (N-methyl/N-ethyl adjacent to an activating group) is 1. The molecule has 0 rings (SSSR count). The van der Waals surface area contributed by atoms with Crippen LogP contribution in [0.3, 0.4) is 0 Å². The van der Waals surface area contributed by atoms with Gasteiger partial charge in [0.2, 0.25) is 0 Å². The van der Waals surface area contributed by atoms with Crippen molar-refractivity contribution in [3.05, 3.63) is 0 Å². The molecule has 4 heteroatoms. The maximum Gasteiger partial charge on any atom is 0.0589 e. The van der Waals surface area contributed by atoms with Gasteiger partial charge in [-0.1, -0.05) is 6.92 Å². The van der Waals surface area contributed by atoms with Crippen LogP contribution in [0.25, 0.3) is 0 Å². The molecule has 14 heavy (non-hydrogen) atoms. The maximum absolute atomic E-state index is 5.74. The minimum atomic E-state index is 0.504. The monoisotopic (exact) mass is 220 g/mol. The van der Waals surface area contributed by atoms with E-state index in [1.165, 1.54) is 17.9 Å². The van der Waals surface area contributed by atoms with Gasteiger partial charge in [0.05, 0.1) is 6.61 Å². The van der Waals surface area contributed by atoms with E-state index in [0.717, 1.165) is 19.7 Å². The third-order valence-corrected chi connectivity index (χ3v) is 3.28. The molecule has 0 aliphatic rings. The highest BCUT2D eigenvalue weighted by molar-refractivity contribution is 7.99. The summed E-state index contributed by atoms with van der Waals surface area (Å²) in [6.07, 6.45) is 1.18. The van der Waals surface area contributed by atoms with Gasteiger partial charge in [-0.15, -0.1) is 0 Å². The van der Waals surface area contributed by atoms with Gasteiger partial charge >= 0.3 is 0 Å². The van der Waals surface area contributed by atoms with Crippen LogP contribution in [0.2, 0.25) is 0 Å². The predicted molar refractivity (Wildman–Crippen MR) is 65.0 cm³/mol. The smallest absolute Gasteiger partial charge is 0.0589 e. The molecular weight excluding hydrogens is 196 g/mol. The minimum Gasteiger partial charge on any atom is -0.383 e. The second-order valence-corrected chi connectivity index (χ2v) is 4.74. The lowest BCUT2D eigenvalue weighted by molar-refractivity contribution is 0.139. The quantitative estimate of drug-likeness (QED) is 0.589. The van der Waals surface area contributed by atoms with Gasteiger partial charge < -0.3 is 10.5 Å². The van der Waals surface area contributed by atoms with E-state index < -0.39 is 0 Å². The van der Waals surface area contributed by atoms with Gasteiger partial charge in [0.1, 0.15) is 0 Å². The maximum atomic E-state index is 5.74. The summed E-state index contributed by atoms with van der Waals surface area (Å²) in [4.78, 5) is 2.29. The van der Waals surface area contributed by atoms with Gasteiger partial charge in [0.25, 0.3) is 0 Å². The molecule has 0 saturated heterocycles. The summed E-state index contributed by atoms with van der Waals surface area (Å²) < 4.78 is 5.05. The fraction of sp³-hybridized carbons (Fsp3) is 1.00. The number of rotatable bonds is 9. The topological polar surface area (TPSA) is 38.5 Å². The highest BCUT2D eigenvalue weighted by Crippen LogP contribution is 2.07. The standard InChI is InChI=1S/C10H24N2OS/c1-4-14-8-5-10(9-11)12(2)6-7-13-3/h10H,4-9,11H2,1-3H3. The number of methoxy groups -OCH3 is 1. The van der Waals surface area contributed by atoms with Crippen molar-refractivity contribution < 1.29 is 4.74 Å². The van der Waals surface area contributed by atoms with Crippen LogP contribution >= 0.6 is 11.8 Å². The zero-order valence-electron chi connectivity index (χ0n) is 9.66. The molecule has 0 saturated carbocycles. The van der Waals surface area contributed by atoms with Crippen LogP contribution in [0.4, 0.5) is 0 Å². The van der Waals surface area contributed by atoms with Crippen molar-refractivity contribution in [2.24, 2.45) is 5.73 Å². The second-order valence-electron chi connectivity index (χ2n) is 3.35. The molecule has 0 aromatic heterocycles. The third kappa shape index (κ3) is 6.65. The normalized spacial score (nSPS) is 13.5. The fourth-order valence-electron chi connectivity index (χ4n) is 1.30. The largest absolute Gasteiger partial charge is 0.383 e. The summed E-state index contributed by atoms with van der Waals surface area (Å²) in [7, 11) is 3.85. The van der Waals surface area contributed by atoms with Gasteiger partial charge in [0.15, 0.2) is 0 Å². The van der Waals surface area contributed by atoms with Crippen molar-refractivity contribution in [3.63, 3.8) is 0 Å². The molecule has 0 aromatic carbocycles. The zero-order valence-corrected chi connectivity index (χ0v) is 10.5. The van der Waals surface area contributed by atoms with E-state index >= 15 is 0 Å². The number of ether oxygens (including phenoxy) is 1. The molecule has 0 aromatic rings. The first-order valence-corrected chi connectivity index (χ1v) is 6.38. The SMILES string of the molecule is CCSCCC(CN)N(C)CCOC. The summed E-state index contributed by atoms with van der Waals surface area (Å²) in [5.74, 6) is 2.40. The summed E-state index contributed by atoms with van der Waals surface area (Å²) in [6.45, 7) is 4.68. The van der Waals surface area contributed by atoms with Crippen LogP contribution in [0.15, 0.2) is 0 Å². The predicted octanol–water partition coefficient (Wildman–Crippen LogP) is 1.04. The molecule has 0 radical (unpaired) electrons. The van der Waals surface area contributed by atoms with Gasteiger partial charge in [-0.2, -0.15) is 11.8 Å². The van der Waals surface area contributed by atoms with Gasteiger partial charge in [-0.05, 0) is 25.0 Å². The van der Waals surface area contributed by atoms with Gasteiger partial charge in [-0.3, -0.25) is 4.90 Å². The molecular formula is C10H24N2OS. The Hall–Kier alpha value is 0.230. The summed E-state index contributed by atoms with van der Waals surface area (Å²) >= 11 is 1.98. The number of hydrogen-bond donors (Lipinski definition) is 1. The molecule has 1 atom stereocenters. The van der Waals surface area contributed by atoms with Crippen molar-refractivity contribution in [2.45, 2.75) is 19.4 Å². The van der Waals surface area contributed by atoms with Crippen molar-refractivity contribution in [1.29, 1.82) is 0 Å². The summed E-state index contributed by atoms with van der Waals surface area (Å²) in [5, 5.41) is 0. The first kappa shape index (κ1) is 14.2. The Morgan fingerprint density at radius 1 is 1.50 bits per heavy atom. The van der Waals surface area contributed by atoms with E-state index in [4.69, 9.17) is 10.5 Å². The first-order chi connectivity index (χ1) is 6.76. The Morgan fingerprint density at radius 3 is 2.71 bits per heavy atom. The highest BCUT2D eigenvalue weighted by atomic mass is 32.2. The Kier molecular flexibility index (Phi) is 9.93. The highest BCUT2D eigenvalue weighted by Gasteiger charge is 2.11. The molecule has 0 aliphatic carbocycles. The molecule has 0 spiro atoms. The van der Waals surface area contributed by atoms with Crippen LogP contribution in [0.5, 0.6) is 0 Å². The summed E-state index contributed by atoms with van der Waals surface area (Å²) in [5.41, 5.74) is 5.74. The Morgan fingerprint density at radius 2 is 2.21 bits per heavy atom. The molecule has 86 valence electrons. The first-order valence-electron chi connectivity index (χ1n) is 5.23. The molecule has 0 amide bonds. The van der Waals surface area contributed by atoms with E-state index in [9.17, 15) is 0 Å². The number of thioether (sulfide) groups is 1. The molecule has 0 heterocycles. The van der Waals surface area contributed by atoms with E-state index in [0.29, 0.717) is 6.04 Å². The molecule has 0 aliphatic heterocycles. The second kappa shape index (κ2) is 9.77. The summed E-state index contributed by atoms with van der Waals surface area (Å²) in [6, 6.07) is 0.504. The molecule has 0 bridgehead atoms. The van der Waals surface area contributed by atoms with Gasteiger partial charge in [0, 0.05) is 26.2 Å². The molecule has 1 unspecified atom stereocenters. The number of nitrogens with two attached hydrogens (primary N) is 1. The third-order valence-electron chi connectivity index (χ3n) is 2.34. The molecule has 3 nitrogen and oxygen atoms in total. The Balaban J connectivity index is 3.62. The Bertz CT molecular complexity index is 125. The zero-order chi connectivity index (χ0) is 10.8. The van der Waals surface area contributed by atoms with Crippen molar-refractivity contribution >= 4 is 11.8 Å². The Labute approximate surface area is 92.4 Å². The lowest BCUT2D eigenvalue weighted by atomic mass is 10.2. The van der Waals surface area contributed by atoms with Gasteiger partial charge in [-0.25, -0.2) is 0 Å². The van der Waals surface area contributed by atoms with Crippen molar-refractivity contribution in [1.82, 2.24) is 4.90 Å². The van der Waals surface area contributed by atoms with E-state index in [-0.39, 0.29) is 0 Å².